The number of nitrogens with two attached hydrogens (primary N) is 1. The second kappa shape index (κ2) is 5.13. The Morgan fingerprint density at radius 2 is 2.12 bits per heavy atom. The van der Waals surface area contributed by atoms with E-state index >= 15 is 0 Å². The maximum atomic E-state index is 6.20. The van der Waals surface area contributed by atoms with Crippen LogP contribution in [-0.4, -0.2) is 0 Å². The number of hydrogen-bond acceptors (Lipinski definition) is 2. The van der Waals surface area contributed by atoms with Gasteiger partial charge in [0.25, 0.3) is 0 Å². The van der Waals surface area contributed by atoms with E-state index in [4.69, 9.17) is 5.73 Å². The average Bonchev–Trinajstić information content (AvgIpc) is 2.68. The summed E-state index contributed by atoms with van der Waals surface area (Å²) in [5.74, 6) is 0. The van der Waals surface area contributed by atoms with Crippen LogP contribution in [0.3, 0.4) is 0 Å². The second-order valence-corrected chi connectivity index (χ2v) is 6.21. The highest BCUT2D eigenvalue weighted by atomic mass is 79.9. The minimum atomic E-state index is 0.0867. The predicted octanol–water partition coefficient (Wildman–Crippen LogP) is 4.06. The number of aryl methyl sites for hydroxylation is 1. The summed E-state index contributed by atoms with van der Waals surface area (Å²) in [4.78, 5) is 0. The van der Waals surface area contributed by atoms with Crippen LogP contribution in [0.4, 0.5) is 0 Å². The molecule has 0 saturated heterocycles. The Kier molecular flexibility index (Phi) is 3.79. The molecule has 1 nitrogen and oxygen atoms in total. The van der Waals surface area contributed by atoms with Crippen molar-refractivity contribution in [2.45, 2.75) is 19.4 Å². The van der Waals surface area contributed by atoms with Crippen LogP contribution in [0.2, 0.25) is 0 Å². The summed E-state index contributed by atoms with van der Waals surface area (Å²) in [6.45, 7) is 2.13. The minimum absolute atomic E-state index is 0.0867. The lowest BCUT2D eigenvalue weighted by Gasteiger charge is -2.11. The Balaban J connectivity index is 2.13. The molecule has 0 spiro atoms. The highest BCUT2D eigenvalue weighted by molar-refractivity contribution is 9.11. The van der Waals surface area contributed by atoms with Crippen molar-refractivity contribution in [2.24, 2.45) is 5.73 Å². The fraction of sp³-hybridized carbons (Fsp3) is 0.231. The smallest absolute Gasteiger partial charge is 0.0701 e. The number of rotatable bonds is 3. The zero-order valence-electron chi connectivity index (χ0n) is 9.11. The van der Waals surface area contributed by atoms with E-state index in [-0.39, 0.29) is 6.04 Å². The van der Waals surface area contributed by atoms with Crippen LogP contribution in [0, 0.1) is 6.92 Å². The maximum absolute atomic E-state index is 6.20. The zero-order valence-corrected chi connectivity index (χ0v) is 11.5. The first-order valence-electron chi connectivity index (χ1n) is 5.21. The maximum Gasteiger partial charge on any atom is 0.0701 e. The van der Waals surface area contributed by atoms with Crippen LogP contribution >= 0.6 is 27.3 Å². The minimum Gasteiger partial charge on any atom is -0.324 e. The summed E-state index contributed by atoms with van der Waals surface area (Å²) in [5.41, 5.74) is 10.0. The quantitative estimate of drug-likeness (QED) is 0.908. The third-order valence-electron chi connectivity index (χ3n) is 2.72. The summed E-state index contributed by atoms with van der Waals surface area (Å²) in [7, 11) is 0. The van der Waals surface area contributed by atoms with Crippen molar-refractivity contribution in [2.75, 3.05) is 0 Å². The third-order valence-corrected chi connectivity index (χ3v) is 4.24. The fourth-order valence-electron chi connectivity index (χ4n) is 1.71. The third kappa shape index (κ3) is 2.73. The number of benzene rings is 1. The molecule has 0 saturated carbocycles. The van der Waals surface area contributed by atoms with Gasteiger partial charge in [-0.25, -0.2) is 0 Å². The predicted molar refractivity (Wildman–Crippen MR) is 73.8 cm³/mol. The van der Waals surface area contributed by atoms with Crippen molar-refractivity contribution in [1.29, 1.82) is 0 Å². The van der Waals surface area contributed by atoms with Crippen LogP contribution in [-0.2, 0) is 6.42 Å². The monoisotopic (exact) mass is 295 g/mol. The molecule has 2 N–H and O–H groups in total. The Morgan fingerprint density at radius 3 is 2.75 bits per heavy atom. The lowest BCUT2D eigenvalue weighted by molar-refractivity contribution is 0.721. The molecule has 16 heavy (non-hydrogen) atoms. The van der Waals surface area contributed by atoms with E-state index in [1.165, 1.54) is 16.7 Å². The molecule has 2 aromatic rings. The van der Waals surface area contributed by atoms with Crippen LogP contribution < -0.4 is 5.73 Å². The molecule has 0 aliphatic carbocycles. The molecule has 0 fully saturated rings. The van der Waals surface area contributed by atoms with E-state index in [2.05, 4.69) is 58.6 Å². The molecular weight excluding hydrogens is 282 g/mol. The number of hydrogen-bond donors (Lipinski definition) is 1. The highest BCUT2D eigenvalue weighted by Gasteiger charge is 2.10. The van der Waals surface area contributed by atoms with Gasteiger partial charge in [0.1, 0.15) is 0 Å². The zero-order chi connectivity index (χ0) is 11.5. The van der Waals surface area contributed by atoms with Gasteiger partial charge in [-0.2, -0.15) is 0 Å². The van der Waals surface area contributed by atoms with Crippen molar-refractivity contribution in [3.05, 3.63) is 56.2 Å². The standard InChI is InChI=1S/C13H14BrNS/c1-9-4-2-3-5-10(9)6-12(15)11-7-13(14)16-8-11/h2-5,7-8,12H,6,15H2,1H3. The van der Waals surface area contributed by atoms with Gasteiger partial charge in [-0.1, -0.05) is 24.3 Å². The summed E-state index contributed by atoms with van der Waals surface area (Å²) in [5, 5.41) is 2.12. The molecule has 1 unspecified atom stereocenters. The van der Waals surface area contributed by atoms with E-state index < -0.39 is 0 Å². The normalized spacial score (nSPS) is 12.7. The van der Waals surface area contributed by atoms with Crippen LogP contribution in [0.1, 0.15) is 22.7 Å². The van der Waals surface area contributed by atoms with Gasteiger partial charge in [-0.3, -0.25) is 0 Å². The Hall–Kier alpha value is -0.640. The van der Waals surface area contributed by atoms with E-state index in [1.54, 1.807) is 11.3 Å². The largest absolute Gasteiger partial charge is 0.324 e. The van der Waals surface area contributed by atoms with Crippen molar-refractivity contribution >= 4 is 27.3 Å². The van der Waals surface area contributed by atoms with Gasteiger partial charge < -0.3 is 5.73 Å². The first-order valence-corrected chi connectivity index (χ1v) is 6.88. The molecule has 0 aliphatic rings. The second-order valence-electron chi connectivity index (χ2n) is 3.92. The molecule has 0 amide bonds. The van der Waals surface area contributed by atoms with Gasteiger partial charge in [-0.05, 0) is 57.4 Å². The van der Waals surface area contributed by atoms with Crippen molar-refractivity contribution < 1.29 is 0 Å². The SMILES string of the molecule is Cc1ccccc1CC(N)c1csc(Br)c1. The van der Waals surface area contributed by atoms with Gasteiger partial charge in [0.05, 0.1) is 3.79 Å². The molecule has 1 atom stereocenters. The summed E-state index contributed by atoms with van der Waals surface area (Å²) >= 11 is 5.15. The molecular formula is C13H14BrNS. The van der Waals surface area contributed by atoms with Gasteiger partial charge in [0.2, 0.25) is 0 Å². The van der Waals surface area contributed by atoms with Gasteiger partial charge >= 0.3 is 0 Å². The number of thiophene rings is 1. The summed E-state index contributed by atoms with van der Waals surface area (Å²) < 4.78 is 1.14. The number of halogens is 1. The van der Waals surface area contributed by atoms with E-state index in [1.807, 2.05) is 0 Å². The first kappa shape index (κ1) is 11.8. The molecule has 3 heteroatoms. The lowest BCUT2D eigenvalue weighted by atomic mass is 9.98. The van der Waals surface area contributed by atoms with Crippen molar-refractivity contribution in [3.8, 4) is 0 Å². The van der Waals surface area contributed by atoms with Crippen LogP contribution in [0.15, 0.2) is 39.5 Å². The fourth-order valence-corrected chi connectivity index (χ4v) is 2.95. The molecule has 0 aliphatic heterocycles. The van der Waals surface area contributed by atoms with Crippen molar-refractivity contribution in [1.82, 2.24) is 0 Å². The van der Waals surface area contributed by atoms with Gasteiger partial charge in [-0.15, -0.1) is 11.3 Å². The topological polar surface area (TPSA) is 26.0 Å². The molecule has 2 rings (SSSR count). The summed E-state index contributed by atoms with van der Waals surface area (Å²) in [6, 6.07) is 10.6. The van der Waals surface area contributed by atoms with E-state index in [0.717, 1.165) is 10.2 Å². The summed E-state index contributed by atoms with van der Waals surface area (Å²) in [6.07, 6.45) is 0.899. The molecule has 1 aromatic carbocycles. The van der Waals surface area contributed by atoms with Gasteiger partial charge in [0.15, 0.2) is 0 Å². The first-order chi connectivity index (χ1) is 7.66. The molecule has 0 radical (unpaired) electrons. The molecule has 1 aromatic heterocycles. The molecule has 1 heterocycles. The van der Waals surface area contributed by atoms with Gasteiger partial charge in [0, 0.05) is 6.04 Å². The van der Waals surface area contributed by atoms with Crippen molar-refractivity contribution in [3.63, 3.8) is 0 Å². The molecule has 0 bridgehead atoms. The average molecular weight is 296 g/mol. The van der Waals surface area contributed by atoms with Crippen LogP contribution in [0.25, 0.3) is 0 Å². The highest BCUT2D eigenvalue weighted by Crippen LogP contribution is 2.26. The van der Waals surface area contributed by atoms with E-state index in [9.17, 15) is 0 Å². The Morgan fingerprint density at radius 1 is 1.38 bits per heavy atom. The van der Waals surface area contributed by atoms with Crippen LogP contribution in [0.5, 0.6) is 0 Å². The lowest BCUT2D eigenvalue weighted by Crippen LogP contribution is -2.13. The Bertz CT molecular complexity index is 478. The molecule has 84 valence electrons. The Labute approximate surface area is 108 Å². The van der Waals surface area contributed by atoms with E-state index in [0.29, 0.717) is 0 Å².